The van der Waals surface area contributed by atoms with E-state index in [1.165, 1.54) is 11.6 Å². The Bertz CT molecular complexity index is 513. The molecule has 110 valence electrons. The molecule has 0 aliphatic rings. The molecule has 1 aromatic rings. The van der Waals surface area contributed by atoms with Crippen LogP contribution in [0.25, 0.3) is 0 Å². The third-order valence-corrected chi connectivity index (χ3v) is 2.39. The maximum absolute atomic E-state index is 9.56. The number of allylic oxidation sites excluding steroid dienone is 2. The summed E-state index contributed by atoms with van der Waals surface area (Å²) in [5, 5.41) is 0. The molecule has 0 saturated carbocycles. The summed E-state index contributed by atoms with van der Waals surface area (Å²) in [6, 6.07) is 4.14. The van der Waals surface area contributed by atoms with Crippen molar-refractivity contribution in [2.75, 3.05) is 6.61 Å². The van der Waals surface area contributed by atoms with Crippen molar-refractivity contribution in [3.8, 4) is 0 Å². The minimum absolute atomic E-state index is 0.258. The topological polar surface area (TPSA) is 70.3 Å². The smallest absolute Gasteiger partial charge is 0.217 e. The Morgan fingerprint density at radius 3 is 2.40 bits per heavy atom. The van der Waals surface area contributed by atoms with Crippen molar-refractivity contribution in [1.82, 2.24) is 0 Å². The van der Waals surface area contributed by atoms with E-state index >= 15 is 0 Å². The number of rotatable bonds is 7. The highest BCUT2D eigenvalue weighted by atomic mass is 32.3. The van der Waals surface area contributed by atoms with Crippen LogP contribution < -0.4 is 4.57 Å². The third kappa shape index (κ3) is 10.2. The second-order valence-corrected chi connectivity index (χ2v) is 4.72. The summed E-state index contributed by atoms with van der Waals surface area (Å²) >= 11 is 0. The molecule has 0 aliphatic carbocycles. The zero-order valence-corrected chi connectivity index (χ0v) is 12.1. The van der Waals surface area contributed by atoms with Crippen LogP contribution in [0.4, 0.5) is 0 Å². The molecule has 0 spiro atoms. The van der Waals surface area contributed by atoms with Crippen molar-refractivity contribution < 1.29 is 21.7 Å². The lowest BCUT2D eigenvalue weighted by atomic mass is 10.2. The van der Waals surface area contributed by atoms with E-state index in [2.05, 4.69) is 40.8 Å². The van der Waals surface area contributed by atoms with Gasteiger partial charge in [0.25, 0.3) is 0 Å². The maximum Gasteiger partial charge on any atom is 0.217 e. The number of hydrogen-bond acceptors (Lipinski definition) is 4. The Hall–Kier alpha value is -1.76. The van der Waals surface area contributed by atoms with Crippen LogP contribution in [-0.4, -0.2) is 19.6 Å². The first kappa shape index (κ1) is 18.2. The van der Waals surface area contributed by atoms with Gasteiger partial charge in [-0.25, -0.2) is 13.0 Å². The average Bonchev–Trinajstić information content (AvgIpc) is 2.38. The highest BCUT2D eigenvalue weighted by molar-refractivity contribution is 7.80. The van der Waals surface area contributed by atoms with Crippen molar-refractivity contribution in [3.05, 3.63) is 68.1 Å². The first-order chi connectivity index (χ1) is 9.42. The first-order valence-electron chi connectivity index (χ1n) is 5.84. The summed E-state index contributed by atoms with van der Waals surface area (Å²) in [4.78, 5) is 0. The van der Waals surface area contributed by atoms with Crippen LogP contribution in [0, 0.1) is 0 Å². The zero-order chi connectivity index (χ0) is 15.4. The summed E-state index contributed by atoms with van der Waals surface area (Å²) in [5.41, 5.74) is 1.29. The zero-order valence-electron chi connectivity index (χ0n) is 11.3. The van der Waals surface area contributed by atoms with Gasteiger partial charge >= 0.3 is 0 Å². The number of hydrogen-bond donors (Lipinski definition) is 0. The van der Waals surface area contributed by atoms with Crippen molar-refractivity contribution in [1.29, 1.82) is 0 Å². The second-order valence-electron chi connectivity index (χ2n) is 3.67. The summed E-state index contributed by atoms with van der Waals surface area (Å²) in [5.74, 6) is 0. The van der Waals surface area contributed by atoms with Gasteiger partial charge in [-0.2, -0.15) is 0 Å². The van der Waals surface area contributed by atoms with Crippen molar-refractivity contribution >= 4 is 10.4 Å². The molecule has 5 nitrogen and oxygen atoms in total. The molecule has 0 aliphatic heterocycles. The molecular formula is C14H19NO4S. The molecule has 0 N–H and O–H groups in total. The molecule has 1 heterocycles. The lowest BCUT2D eigenvalue weighted by molar-refractivity contribution is -0.687. The number of pyridine rings is 1. The SMILES string of the molecule is C=CCOS(=O)(=O)[O-].C=CCc1ccc[n+](CC=C)c1. The van der Waals surface area contributed by atoms with Gasteiger partial charge in [-0.3, -0.25) is 4.18 Å². The number of aromatic nitrogens is 1. The Labute approximate surface area is 120 Å². The van der Waals surface area contributed by atoms with Gasteiger partial charge in [-0.05, 0) is 18.6 Å². The minimum atomic E-state index is -4.51. The molecule has 1 rings (SSSR count). The summed E-state index contributed by atoms with van der Waals surface area (Å²) in [6.07, 6.45) is 10.1. The molecular weight excluding hydrogens is 278 g/mol. The Morgan fingerprint density at radius 2 is 1.95 bits per heavy atom. The van der Waals surface area contributed by atoms with Crippen molar-refractivity contribution in [3.63, 3.8) is 0 Å². The first-order valence-corrected chi connectivity index (χ1v) is 7.17. The lowest BCUT2D eigenvalue weighted by Crippen LogP contribution is -2.31. The molecule has 0 aromatic carbocycles. The standard InChI is InChI=1S/C11H14N.C3H6O4S/c1-3-6-11-7-5-9-12(10-11)8-4-2;1-2-3-7-8(4,5)6/h3-5,7,9-10H,1-2,6,8H2;2H,1,3H2,(H,4,5,6)/q+1;/p-1. The van der Waals surface area contributed by atoms with E-state index in [0.717, 1.165) is 13.0 Å². The van der Waals surface area contributed by atoms with Crippen LogP contribution in [0.5, 0.6) is 0 Å². The molecule has 0 unspecified atom stereocenters. The largest absolute Gasteiger partial charge is 0.726 e. The van der Waals surface area contributed by atoms with Crippen molar-refractivity contribution in [2.24, 2.45) is 0 Å². The third-order valence-electron chi connectivity index (χ3n) is 1.97. The van der Waals surface area contributed by atoms with E-state index in [9.17, 15) is 13.0 Å². The Balaban J connectivity index is 0.000000396. The predicted octanol–water partition coefficient (Wildman–Crippen LogP) is 1.54. The summed E-state index contributed by atoms with van der Waals surface area (Å²) in [7, 11) is -4.51. The van der Waals surface area contributed by atoms with E-state index in [1.54, 1.807) is 0 Å². The quantitative estimate of drug-likeness (QED) is 0.331. The molecule has 0 atom stereocenters. The van der Waals surface area contributed by atoms with Gasteiger partial charge in [-0.15, -0.1) is 13.2 Å². The van der Waals surface area contributed by atoms with Gasteiger partial charge < -0.3 is 4.55 Å². The molecule has 0 amide bonds. The average molecular weight is 297 g/mol. The van der Waals surface area contributed by atoms with Gasteiger partial charge in [0.2, 0.25) is 10.4 Å². The minimum Gasteiger partial charge on any atom is -0.726 e. The highest BCUT2D eigenvalue weighted by Crippen LogP contribution is 1.95. The predicted molar refractivity (Wildman–Crippen MR) is 76.6 cm³/mol. The molecule has 20 heavy (non-hydrogen) atoms. The van der Waals surface area contributed by atoms with E-state index in [0.29, 0.717) is 0 Å². The van der Waals surface area contributed by atoms with Crippen LogP contribution in [0.1, 0.15) is 5.56 Å². The summed E-state index contributed by atoms with van der Waals surface area (Å²) < 4.78 is 34.5. The lowest BCUT2D eigenvalue weighted by Gasteiger charge is -2.02. The van der Waals surface area contributed by atoms with E-state index < -0.39 is 10.4 Å². The number of nitrogens with zero attached hydrogens (tertiary/aromatic N) is 1. The van der Waals surface area contributed by atoms with Gasteiger partial charge in [-0.1, -0.05) is 18.7 Å². The van der Waals surface area contributed by atoms with Crippen LogP contribution >= 0.6 is 0 Å². The maximum atomic E-state index is 9.56. The fourth-order valence-corrected chi connectivity index (χ4v) is 1.52. The van der Waals surface area contributed by atoms with Gasteiger partial charge in [0, 0.05) is 11.6 Å². The fraction of sp³-hybridized carbons (Fsp3) is 0.214. The van der Waals surface area contributed by atoms with E-state index in [-0.39, 0.29) is 6.61 Å². The van der Waals surface area contributed by atoms with Crippen LogP contribution in [0.3, 0.4) is 0 Å². The monoisotopic (exact) mass is 297 g/mol. The van der Waals surface area contributed by atoms with Crippen LogP contribution in [-0.2, 0) is 27.5 Å². The normalized spacial score (nSPS) is 10.1. The molecule has 0 saturated heterocycles. The van der Waals surface area contributed by atoms with E-state index in [4.69, 9.17) is 0 Å². The van der Waals surface area contributed by atoms with Crippen LogP contribution in [0.2, 0.25) is 0 Å². The summed E-state index contributed by atoms with van der Waals surface area (Å²) in [6.45, 7) is 11.1. The van der Waals surface area contributed by atoms with Gasteiger partial charge in [0.15, 0.2) is 18.9 Å². The van der Waals surface area contributed by atoms with Gasteiger partial charge in [0.05, 0.1) is 6.61 Å². The van der Waals surface area contributed by atoms with Crippen LogP contribution in [0.15, 0.2) is 62.5 Å². The molecule has 0 radical (unpaired) electrons. The fourth-order valence-electron chi connectivity index (χ4n) is 1.26. The molecule has 0 bridgehead atoms. The highest BCUT2D eigenvalue weighted by Gasteiger charge is 1.97. The Morgan fingerprint density at radius 1 is 1.25 bits per heavy atom. The van der Waals surface area contributed by atoms with E-state index in [1.807, 2.05) is 24.4 Å². The second kappa shape index (κ2) is 10.1. The Kier molecular flexibility index (Phi) is 9.19. The van der Waals surface area contributed by atoms with Crippen molar-refractivity contribution in [2.45, 2.75) is 13.0 Å². The molecule has 0 fully saturated rings. The molecule has 6 heteroatoms. The van der Waals surface area contributed by atoms with Gasteiger partial charge in [0.1, 0.15) is 0 Å². The molecule has 1 aromatic heterocycles.